The SMILES string of the molecule is Cc1ccc(SCCCNC(=O)CN(c2ccc(C)c(C)c2)S(=O)(=O)c2ccc(C)cc2)cc1. The summed E-state index contributed by atoms with van der Waals surface area (Å²) in [6.45, 7) is 8.08. The lowest BCUT2D eigenvalue weighted by Gasteiger charge is -2.25. The van der Waals surface area contributed by atoms with E-state index in [0.717, 1.165) is 28.9 Å². The summed E-state index contributed by atoms with van der Waals surface area (Å²) in [6.07, 6.45) is 0.790. The predicted octanol–water partition coefficient (Wildman–Crippen LogP) is 5.41. The second-order valence-electron chi connectivity index (χ2n) is 8.46. The van der Waals surface area contributed by atoms with Crippen molar-refractivity contribution in [3.8, 4) is 0 Å². The van der Waals surface area contributed by atoms with E-state index in [-0.39, 0.29) is 17.3 Å². The lowest BCUT2D eigenvalue weighted by Crippen LogP contribution is -2.41. The highest BCUT2D eigenvalue weighted by molar-refractivity contribution is 7.99. The van der Waals surface area contributed by atoms with Crippen molar-refractivity contribution in [3.63, 3.8) is 0 Å². The Balaban J connectivity index is 1.67. The number of nitrogens with zero attached hydrogens (tertiary/aromatic N) is 1. The number of hydrogen-bond donors (Lipinski definition) is 1. The zero-order chi connectivity index (χ0) is 24.7. The van der Waals surface area contributed by atoms with Gasteiger partial charge in [0.25, 0.3) is 10.0 Å². The minimum absolute atomic E-state index is 0.165. The zero-order valence-electron chi connectivity index (χ0n) is 20.2. The van der Waals surface area contributed by atoms with E-state index in [0.29, 0.717) is 12.2 Å². The van der Waals surface area contributed by atoms with Crippen molar-refractivity contribution in [1.29, 1.82) is 0 Å². The standard InChI is InChI=1S/C27H32N2O3S2/c1-20-6-12-25(13-7-20)33-17-5-16-28-27(30)19-29(24-11-10-22(3)23(4)18-24)34(31,32)26-14-8-21(2)9-15-26/h6-15,18H,5,16-17,19H2,1-4H3,(H,28,30). The lowest BCUT2D eigenvalue weighted by molar-refractivity contribution is -0.119. The Bertz CT molecular complexity index is 1220. The first-order valence-corrected chi connectivity index (χ1v) is 13.7. The third-order valence-corrected chi connectivity index (χ3v) is 8.49. The molecule has 0 aromatic heterocycles. The Morgan fingerprint density at radius 3 is 2.09 bits per heavy atom. The molecular formula is C27H32N2O3S2. The summed E-state index contributed by atoms with van der Waals surface area (Å²) in [7, 11) is -3.90. The van der Waals surface area contributed by atoms with Crippen molar-refractivity contribution in [3.05, 3.63) is 89.0 Å². The molecule has 0 heterocycles. The van der Waals surface area contributed by atoms with Crippen molar-refractivity contribution in [2.24, 2.45) is 0 Å². The number of thioether (sulfide) groups is 1. The first-order valence-electron chi connectivity index (χ1n) is 11.3. The van der Waals surface area contributed by atoms with Crippen LogP contribution in [0.5, 0.6) is 0 Å². The Hall–Kier alpha value is -2.77. The number of carbonyl (C=O) groups excluding carboxylic acids is 1. The summed E-state index contributed by atoms with van der Waals surface area (Å²) in [5, 5.41) is 2.88. The molecule has 0 fully saturated rings. The molecule has 0 aliphatic rings. The molecule has 34 heavy (non-hydrogen) atoms. The van der Waals surface area contributed by atoms with Crippen molar-refractivity contribution in [2.75, 3.05) is 23.1 Å². The van der Waals surface area contributed by atoms with Crippen LogP contribution in [0, 0.1) is 27.7 Å². The monoisotopic (exact) mass is 496 g/mol. The van der Waals surface area contributed by atoms with Gasteiger partial charge in [-0.1, -0.05) is 41.5 Å². The van der Waals surface area contributed by atoms with E-state index in [4.69, 9.17) is 0 Å². The van der Waals surface area contributed by atoms with Crippen LogP contribution in [0.3, 0.4) is 0 Å². The molecule has 3 aromatic rings. The van der Waals surface area contributed by atoms with Gasteiger partial charge in [-0.15, -0.1) is 11.8 Å². The summed E-state index contributed by atoms with van der Waals surface area (Å²) in [6, 6.07) is 20.5. The molecule has 0 aliphatic carbocycles. The van der Waals surface area contributed by atoms with E-state index in [9.17, 15) is 13.2 Å². The Kier molecular flexibility index (Phi) is 8.80. The molecule has 1 N–H and O–H groups in total. The highest BCUT2D eigenvalue weighted by Crippen LogP contribution is 2.26. The van der Waals surface area contributed by atoms with Crippen molar-refractivity contribution in [2.45, 2.75) is 43.9 Å². The Morgan fingerprint density at radius 1 is 0.853 bits per heavy atom. The maximum Gasteiger partial charge on any atom is 0.264 e. The van der Waals surface area contributed by atoms with Crippen LogP contribution in [0.2, 0.25) is 0 Å². The van der Waals surface area contributed by atoms with Gasteiger partial charge in [-0.2, -0.15) is 0 Å². The smallest absolute Gasteiger partial charge is 0.264 e. The Morgan fingerprint density at radius 2 is 1.47 bits per heavy atom. The first kappa shape index (κ1) is 25.8. The number of aryl methyl sites for hydroxylation is 4. The summed E-state index contributed by atoms with van der Waals surface area (Å²) in [5.41, 5.74) is 4.71. The number of hydrogen-bond acceptors (Lipinski definition) is 4. The maximum atomic E-state index is 13.5. The average molecular weight is 497 g/mol. The molecule has 7 heteroatoms. The highest BCUT2D eigenvalue weighted by atomic mass is 32.2. The molecule has 3 rings (SSSR count). The van der Waals surface area contributed by atoms with E-state index in [2.05, 4.69) is 36.5 Å². The fraction of sp³-hybridized carbons (Fsp3) is 0.296. The predicted molar refractivity (Wildman–Crippen MR) is 141 cm³/mol. The molecular weight excluding hydrogens is 464 g/mol. The molecule has 3 aromatic carbocycles. The molecule has 0 aliphatic heterocycles. The summed E-state index contributed by atoms with van der Waals surface area (Å²) < 4.78 is 28.1. The van der Waals surface area contributed by atoms with E-state index in [1.807, 2.05) is 32.9 Å². The molecule has 5 nitrogen and oxygen atoms in total. The molecule has 1 amide bonds. The molecule has 0 saturated carbocycles. The number of sulfonamides is 1. The quantitative estimate of drug-likeness (QED) is 0.301. The van der Waals surface area contributed by atoms with Crippen LogP contribution in [-0.4, -0.2) is 33.2 Å². The van der Waals surface area contributed by atoms with Crippen molar-refractivity contribution < 1.29 is 13.2 Å². The Labute approximate surface area is 207 Å². The van der Waals surface area contributed by atoms with Crippen LogP contribution in [0.1, 0.15) is 28.7 Å². The molecule has 0 atom stereocenters. The number of nitrogens with one attached hydrogen (secondary N) is 1. The molecule has 0 unspecified atom stereocenters. The summed E-state index contributed by atoms with van der Waals surface area (Å²) in [5.74, 6) is 0.542. The van der Waals surface area contributed by atoms with Crippen LogP contribution < -0.4 is 9.62 Å². The van der Waals surface area contributed by atoms with Gasteiger partial charge in [0.1, 0.15) is 6.54 Å². The third kappa shape index (κ3) is 6.87. The number of anilines is 1. The first-order chi connectivity index (χ1) is 16.2. The molecule has 0 bridgehead atoms. The van der Waals surface area contributed by atoms with E-state index >= 15 is 0 Å². The molecule has 0 saturated heterocycles. The van der Waals surface area contributed by atoms with Crippen LogP contribution in [0.25, 0.3) is 0 Å². The van der Waals surface area contributed by atoms with Gasteiger partial charge in [0.05, 0.1) is 10.6 Å². The normalized spacial score (nSPS) is 11.3. The largest absolute Gasteiger partial charge is 0.354 e. The van der Waals surface area contributed by atoms with Gasteiger partial charge in [-0.3, -0.25) is 9.10 Å². The minimum atomic E-state index is -3.90. The second-order valence-corrected chi connectivity index (χ2v) is 11.5. The zero-order valence-corrected chi connectivity index (χ0v) is 21.8. The van der Waals surface area contributed by atoms with Gasteiger partial charge in [0.2, 0.25) is 5.91 Å². The van der Waals surface area contributed by atoms with Crippen LogP contribution in [0.15, 0.2) is 76.5 Å². The fourth-order valence-corrected chi connectivity index (χ4v) is 5.61. The fourth-order valence-electron chi connectivity index (χ4n) is 3.34. The summed E-state index contributed by atoms with van der Waals surface area (Å²) in [4.78, 5) is 14.1. The van der Waals surface area contributed by atoms with Crippen molar-refractivity contribution >= 4 is 33.4 Å². The maximum absolute atomic E-state index is 13.5. The molecule has 0 spiro atoms. The van der Waals surface area contributed by atoms with Gasteiger partial charge in [-0.05, 0) is 87.4 Å². The van der Waals surface area contributed by atoms with E-state index < -0.39 is 10.0 Å². The number of rotatable bonds is 10. The lowest BCUT2D eigenvalue weighted by atomic mass is 10.1. The molecule has 180 valence electrons. The van der Waals surface area contributed by atoms with Crippen LogP contribution >= 0.6 is 11.8 Å². The third-order valence-electron chi connectivity index (χ3n) is 5.61. The number of amides is 1. The number of carbonyl (C=O) groups is 1. The highest BCUT2D eigenvalue weighted by Gasteiger charge is 2.27. The minimum Gasteiger partial charge on any atom is -0.354 e. The number of benzene rings is 3. The van der Waals surface area contributed by atoms with Crippen molar-refractivity contribution in [1.82, 2.24) is 5.32 Å². The van der Waals surface area contributed by atoms with Gasteiger partial charge in [0, 0.05) is 11.4 Å². The second kappa shape index (κ2) is 11.6. The van der Waals surface area contributed by atoms with Crippen LogP contribution in [-0.2, 0) is 14.8 Å². The summed E-state index contributed by atoms with van der Waals surface area (Å²) >= 11 is 1.74. The van der Waals surface area contributed by atoms with E-state index in [1.165, 1.54) is 14.8 Å². The van der Waals surface area contributed by atoms with Crippen LogP contribution in [0.4, 0.5) is 5.69 Å². The van der Waals surface area contributed by atoms with E-state index in [1.54, 1.807) is 42.1 Å². The van der Waals surface area contributed by atoms with Gasteiger partial charge < -0.3 is 5.32 Å². The topological polar surface area (TPSA) is 66.5 Å². The average Bonchev–Trinajstić information content (AvgIpc) is 2.80. The molecule has 0 radical (unpaired) electrons. The van der Waals surface area contributed by atoms with Gasteiger partial charge in [-0.25, -0.2) is 8.42 Å². The van der Waals surface area contributed by atoms with Gasteiger partial charge in [0.15, 0.2) is 0 Å². The van der Waals surface area contributed by atoms with Gasteiger partial charge >= 0.3 is 0 Å².